The molecule has 2 rings (SSSR count). The Labute approximate surface area is 84.9 Å². The predicted molar refractivity (Wildman–Crippen MR) is 58.3 cm³/mol. The van der Waals surface area contributed by atoms with Crippen LogP contribution in [0.1, 0.15) is 12.0 Å². The van der Waals surface area contributed by atoms with Gasteiger partial charge in [-0.05, 0) is 43.5 Å². The van der Waals surface area contributed by atoms with Crippen LogP contribution in [0.4, 0.5) is 5.82 Å². The molecule has 0 saturated carbocycles. The Bertz CT molecular complexity index is 311. The van der Waals surface area contributed by atoms with Crippen LogP contribution < -0.4 is 10.6 Å². The zero-order valence-corrected chi connectivity index (χ0v) is 8.61. The summed E-state index contributed by atoms with van der Waals surface area (Å²) in [5.74, 6) is 1.75. The minimum atomic E-state index is 0.650. The molecular weight excluding hydrogens is 174 g/mol. The van der Waals surface area contributed by atoms with E-state index in [4.69, 9.17) is 5.73 Å². The Morgan fingerprint density at radius 2 is 2.50 bits per heavy atom. The van der Waals surface area contributed by atoms with Crippen molar-refractivity contribution in [3.63, 3.8) is 0 Å². The van der Waals surface area contributed by atoms with Gasteiger partial charge in [-0.2, -0.15) is 0 Å². The molecule has 0 amide bonds. The fourth-order valence-electron chi connectivity index (χ4n) is 1.93. The zero-order valence-electron chi connectivity index (χ0n) is 8.61. The Hall–Kier alpha value is -1.09. The largest absolute Gasteiger partial charge is 0.356 e. The number of nitrogens with two attached hydrogens (primary N) is 1. The first-order chi connectivity index (χ1) is 6.79. The molecule has 1 aromatic heterocycles. The van der Waals surface area contributed by atoms with Crippen molar-refractivity contribution >= 4 is 5.82 Å². The lowest BCUT2D eigenvalue weighted by Gasteiger charge is -2.17. The summed E-state index contributed by atoms with van der Waals surface area (Å²) in [6.45, 7) is 5.05. The van der Waals surface area contributed by atoms with E-state index < -0.39 is 0 Å². The van der Waals surface area contributed by atoms with Crippen molar-refractivity contribution in [3.8, 4) is 0 Å². The van der Waals surface area contributed by atoms with Crippen LogP contribution in [0.2, 0.25) is 0 Å². The summed E-state index contributed by atoms with van der Waals surface area (Å²) in [6.07, 6.45) is 3.08. The fraction of sp³-hybridized carbons (Fsp3) is 0.545. The number of aryl methyl sites for hydroxylation is 1. The molecule has 1 aliphatic heterocycles. The molecule has 0 aliphatic carbocycles. The van der Waals surface area contributed by atoms with Gasteiger partial charge in [0.05, 0.1) is 0 Å². The van der Waals surface area contributed by atoms with Crippen molar-refractivity contribution in [2.75, 3.05) is 24.5 Å². The maximum atomic E-state index is 5.66. The van der Waals surface area contributed by atoms with Gasteiger partial charge in [0.2, 0.25) is 0 Å². The van der Waals surface area contributed by atoms with E-state index in [2.05, 4.69) is 22.9 Å². The lowest BCUT2D eigenvalue weighted by Crippen LogP contribution is -2.23. The summed E-state index contributed by atoms with van der Waals surface area (Å²) in [4.78, 5) is 6.70. The normalized spacial score (nSPS) is 21.6. The third-order valence-electron chi connectivity index (χ3n) is 2.84. The topological polar surface area (TPSA) is 42.2 Å². The fourth-order valence-corrected chi connectivity index (χ4v) is 1.93. The van der Waals surface area contributed by atoms with E-state index in [1.165, 1.54) is 12.0 Å². The van der Waals surface area contributed by atoms with Gasteiger partial charge in [0.15, 0.2) is 0 Å². The summed E-state index contributed by atoms with van der Waals surface area (Å²) >= 11 is 0. The van der Waals surface area contributed by atoms with Gasteiger partial charge in [-0.25, -0.2) is 4.98 Å². The lowest BCUT2D eigenvalue weighted by molar-refractivity contribution is 0.602. The molecule has 1 aliphatic rings. The highest BCUT2D eigenvalue weighted by atomic mass is 15.2. The first-order valence-corrected chi connectivity index (χ1v) is 5.17. The Morgan fingerprint density at radius 3 is 3.14 bits per heavy atom. The monoisotopic (exact) mass is 191 g/mol. The number of rotatable bonds is 2. The minimum absolute atomic E-state index is 0.650. The van der Waals surface area contributed by atoms with Gasteiger partial charge in [0.25, 0.3) is 0 Å². The van der Waals surface area contributed by atoms with Crippen molar-refractivity contribution in [2.45, 2.75) is 13.3 Å². The zero-order chi connectivity index (χ0) is 9.97. The molecule has 2 heterocycles. The highest BCUT2D eigenvalue weighted by Gasteiger charge is 2.21. The first-order valence-electron chi connectivity index (χ1n) is 5.17. The van der Waals surface area contributed by atoms with Crippen LogP contribution >= 0.6 is 0 Å². The molecule has 1 saturated heterocycles. The van der Waals surface area contributed by atoms with Crippen LogP contribution in [-0.2, 0) is 0 Å². The third kappa shape index (κ3) is 1.87. The Balaban J connectivity index is 2.09. The molecule has 0 aromatic carbocycles. The van der Waals surface area contributed by atoms with E-state index in [1.54, 1.807) is 0 Å². The molecule has 2 N–H and O–H groups in total. The minimum Gasteiger partial charge on any atom is -0.356 e. The number of hydrogen-bond acceptors (Lipinski definition) is 3. The smallest absolute Gasteiger partial charge is 0.128 e. The number of pyridine rings is 1. The molecular formula is C11H17N3. The van der Waals surface area contributed by atoms with Crippen molar-refractivity contribution in [1.82, 2.24) is 4.98 Å². The standard InChI is InChI=1S/C11H17N3/c1-9-2-4-13-11(6-9)14-5-3-10(7-12)8-14/h2,4,6,10H,3,5,7-8,12H2,1H3/t10-/m1/s1. The SMILES string of the molecule is Cc1ccnc(N2CC[C@H](CN)C2)c1. The molecule has 0 radical (unpaired) electrons. The van der Waals surface area contributed by atoms with Crippen molar-refractivity contribution in [1.29, 1.82) is 0 Å². The summed E-state index contributed by atoms with van der Waals surface area (Å²) in [6, 6.07) is 4.17. The van der Waals surface area contributed by atoms with Crippen molar-refractivity contribution in [3.05, 3.63) is 23.9 Å². The molecule has 3 heteroatoms. The van der Waals surface area contributed by atoms with E-state index in [9.17, 15) is 0 Å². The number of aromatic nitrogens is 1. The van der Waals surface area contributed by atoms with Gasteiger partial charge in [0.1, 0.15) is 5.82 Å². The van der Waals surface area contributed by atoms with Gasteiger partial charge in [-0.15, -0.1) is 0 Å². The van der Waals surface area contributed by atoms with Crippen LogP contribution in [0, 0.1) is 12.8 Å². The highest BCUT2D eigenvalue weighted by molar-refractivity contribution is 5.41. The van der Waals surface area contributed by atoms with Gasteiger partial charge in [-0.1, -0.05) is 0 Å². The van der Waals surface area contributed by atoms with Crippen LogP contribution in [0.25, 0.3) is 0 Å². The van der Waals surface area contributed by atoms with E-state index >= 15 is 0 Å². The average Bonchev–Trinajstić information content (AvgIpc) is 2.66. The summed E-state index contributed by atoms with van der Waals surface area (Å²) < 4.78 is 0. The lowest BCUT2D eigenvalue weighted by atomic mass is 10.1. The highest BCUT2D eigenvalue weighted by Crippen LogP contribution is 2.21. The second-order valence-corrected chi connectivity index (χ2v) is 4.03. The molecule has 1 atom stereocenters. The summed E-state index contributed by atoms with van der Waals surface area (Å²) in [5.41, 5.74) is 6.93. The predicted octanol–water partition coefficient (Wildman–Crippen LogP) is 1.18. The van der Waals surface area contributed by atoms with Crippen molar-refractivity contribution < 1.29 is 0 Å². The van der Waals surface area contributed by atoms with Crippen LogP contribution in [0.3, 0.4) is 0 Å². The maximum absolute atomic E-state index is 5.66. The number of hydrogen-bond donors (Lipinski definition) is 1. The Morgan fingerprint density at radius 1 is 1.64 bits per heavy atom. The van der Waals surface area contributed by atoms with Crippen LogP contribution in [-0.4, -0.2) is 24.6 Å². The molecule has 1 aromatic rings. The molecule has 14 heavy (non-hydrogen) atoms. The van der Waals surface area contributed by atoms with E-state index in [-0.39, 0.29) is 0 Å². The molecule has 3 nitrogen and oxygen atoms in total. The van der Waals surface area contributed by atoms with E-state index in [1.807, 2.05) is 12.3 Å². The molecule has 1 fully saturated rings. The molecule has 0 spiro atoms. The van der Waals surface area contributed by atoms with Gasteiger partial charge in [0, 0.05) is 19.3 Å². The third-order valence-corrected chi connectivity index (χ3v) is 2.84. The van der Waals surface area contributed by atoms with E-state index in [0.29, 0.717) is 5.92 Å². The van der Waals surface area contributed by atoms with Crippen LogP contribution in [0.5, 0.6) is 0 Å². The van der Waals surface area contributed by atoms with Gasteiger partial charge in [-0.3, -0.25) is 0 Å². The second-order valence-electron chi connectivity index (χ2n) is 4.03. The quantitative estimate of drug-likeness (QED) is 0.763. The maximum Gasteiger partial charge on any atom is 0.128 e. The second kappa shape index (κ2) is 3.96. The molecule has 76 valence electrons. The van der Waals surface area contributed by atoms with Crippen molar-refractivity contribution in [2.24, 2.45) is 11.7 Å². The molecule has 0 bridgehead atoms. The van der Waals surface area contributed by atoms with Gasteiger partial charge >= 0.3 is 0 Å². The van der Waals surface area contributed by atoms with Crippen LogP contribution in [0.15, 0.2) is 18.3 Å². The van der Waals surface area contributed by atoms with Gasteiger partial charge < -0.3 is 10.6 Å². The average molecular weight is 191 g/mol. The summed E-state index contributed by atoms with van der Waals surface area (Å²) in [5, 5.41) is 0. The first kappa shape index (κ1) is 9.46. The number of anilines is 1. The molecule has 0 unspecified atom stereocenters. The number of nitrogens with zero attached hydrogens (tertiary/aromatic N) is 2. The summed E-state index contributed by atoms with van der Waals surface area (Å²) in [7, 11) is 0. The Kier molecular flexibility index (Phi) is 2.68. The van der Waals surface area contributed by atoms with E-state index in [0.717, 1.165) is 25.5 Å².